The molecule has 3 aromatic rings. The number of rotatable bonds is 7. The summed E-state index contributed by atoms with van der Waals surface area (Å²) in [7, 11) is 1.51. The quantitative estimate of drug-likeness (QED) is 0.575. The van der Waals surface area contributed by atoms with Gasteiger partial charge in [-0.2, -0.15) is 0 Å². The van der Waals surface area contributed by atoms with Crippen LogP contribution >= 0.6 is 11.6 Å². The van der Waals surface area contributed by atoms with E-state index in [0.717, 1.165) is 11.1 Å². The molecule has 0 saturated carbocycles. The fraction of sp³-hybridized carbons (Fsp3) is 0.174. The summed E-state index contributed by atoms with van der Waals surface area (Å²) in [6, 6.07) is 17.0. The summed E-state index contributed by atoms with van der Waals surface area (Å²) in [4.78, 5) is 28.8. The number of carbonyl (C=O) groups is 2. The summed E-state index contributed by atoms with van der Waals surface area (Å²) in [6.45, 7) is 1.87. The van der Waals surface area contributed by atoms with Crippen molar-refractivity contribution in [1.29, 1.82) is 0 Å². The van der Waals surface area contributed by atoms with Gasteiger partial charge in [-0.3, -0.25) is 9.59 Å². The lowest BCUT2D eigenvalue weighted by atomic mass is 9.98. The Kier molecular flexibility index (Phi) is 6.69. The minimum Gasteiger partial charge on any atom is -0.494 e. The van der Waals surface area contributed by atoms with Crippen LogP contribution in [0.4, 0.5) is 0 Å². The number of nitrogens with one attached hydrogen (secondary N) is 1. The Hall–Kier alpha value is -3.38. The van der Waals surface area contributed by atoms with Crippen molar-refractivity contribution >= 4 is 23.5 Å². The van der Waals surface area contributed by atoms with Crippen molar-refractivity contribution in [1.82, 2.24) is 10.3 Å². The highest BCUT2D eigenvalue weighted by Crippen LogP contribution is 2.33. The van der Waals surface area contributed by atoms with Crippen LogP contribution in [0.3, 0.4) is 0 Å². The zero-order chi connectivity index (χ0) is 21.7. The van der Waals surface area contributed by atoms with Gasteiger partial charge < -0.3 is 15.2 Å². The van der Waals surface area contributed by atoms with Crippen LogP contribution in [0.5, 0.6) is 5.75 Å². The molecule has 0 fully saturated rings. The fourth-order valence-corrected chi connectivity index (χ4v) is 3.43. The van der Waals surface area contributed by atoms with Gasteiger partial charge in [0.1, 0.15) is 17.1 Å². The molecule has 30 heavy (non-hydrogen) atoms. The van der Waals surface area contributed by atoms with E-state index in [0.29, 0.717) is 22.0 Å². The number of carbonyl (C=O) groups excluding carboxylic acids is 1. The first kappa shape index (κ1) is 21.3. The first-order chi connectivity index (χ1) is 14.4. The minimum atomic E-state index is -1.01. The van der Waals surface area contributed by atoms with Gasteiger partial charge in [-0.1, -0.05) is 54.1 Å². The molecule has 2 N–H and O–H groups in total. The van der Waals surface area contributed by atoms with E-state index in [1.54, 1.807) is 30.3 Å². The van der Waals surface area contributed by atoms with Gasteiger partial charge >= 0.3 is 5.97 Å². The molecule has 0 bridgehead atoms. The predicted octanol–water partition coefficient (Wildman–Crippen LogP) is 4.66. The second-order valence-electron chi connectivity index (χ2n) is 6.71. The summed E-state index contributed by atoms with van der Waals surface area (Å²) in [5.41, 5.74) is 2.83. The third-order valence-corrected chi connectivity index (χ3v) is 5.02. The average molecular weight is 425 g/mol. The number of ether oxygens (including phenoxy) is 1. The topological polar surface area (TPSA) is 88.5 Å². The maximum atomic E-state index is 12.9. The van der Waals surface area contributed by atoms with Crippen molar-refractivity contribution in [3.8, 4) is 17.0 Å². The molecule has 2 aromatic carbocycles. The highest BCUT2D eigenvalue weighted by atomic mass is 35.5. The van der Waals surface area contributed by atoms with E-state index in [1.165, 1.54) is 13.2 Å². The lowest BCUT2D eigenvalue weighted by Crippen LogP contribution is -2.31. The molecule has 3 rings (SSSR count). The van der Waals surface area contributed by atoms with Gasteiger partial charge in [-0.15, -0.1) is 0 Å². The van der Waals surface area contributed by atoms with Gasteiger partial charge in [0, 0.05) is 5.56 Å². The monoisotopic (exact) mass is 424 g/mol. The average Bonchev–Trinajstić information content (AvgIpc) is 2.73. The number of halogens is 1. The summed E-state index contributed by atoms with van der Waals surface area (Å²) in [6.07, 6.45) is -0.246. The third-order valence-electron chi connectivity index (χ3n) is 4.69. The number of carboxylic acids is 1. The van der Waals surface area contributed by atoms with Crippen LogP contribution in [0.15, 0.2) is 60.7 Å². The minimum absolute atomic E-state index is 0.134. The van der Waals surface area contributed by atoms with Crippen molar-refractivity contribution in [2.45, 2.75) is 19.4 Å². The summed E-state index contributed by atoms with van der Waals surface area (Å²) in [5, 5.41) is 12.6. The summed E-state index contributed by atoms with van der Waals surface area (Å²) < 4.78 is 5.38. The Morgan fingerprint density at radius 3 is 2.47 bits per heavy atom. The number of hydrogen-bond donors (Lipinski definition) is 2. The van der Waals surface area contributed by atoms with E-state index in [9.17, 15) is 14.7 Å². The maximum Gasteiger partial charge on any atom is 0.305 e. The lowest BCUT2D eigenvalue weighted by molar-refractivity contribution is -0.137. The normalized spacial score (nSPS) is 11.6. The van der Waals surface area contributed by atoms with Crippen molar-refractivity contribution in [2.75, 3.05) is 7.11 Å². The number of benzene rings is 2. The highest BCUT2D eigenvalue weighted by molar-refractivity contribution is 6.33. The third kappa shape index (κ3) is 4.78. The van der Waals surface area contributed by atoms with Gasteiger partial charge in [0.15, 0.2) is 0 Å². The van der Waals surface area contributed by atoms with Crippen LogP contribution < -0.4 is 10.1 Å². The number of aryl methyl sites for hydroxylation is 1. The molecule has 0 aliphatic rings. The Bertz CT molecular complexity index is 1080. The molecule has 0 radical (unpaired) electrons. The van der Waals surface area contributed by atoms with Crippen molar-refractivity contribution < 1.29 is 19.4 Å². The van der Waals surface area contributed by atoms with Gasteiger partial charge in [0.2, 0.25) is 0 Å². The molecule has 154 valence electrons. The molecule has 0 unspecified atom stereocenters. The SMILES string of the molecule is COc1ccc(C(=O)N[C@@H](CC(=O)O)c2ccccc2C)nc1-c1ccccc1Cl. The van der Waals surface area contributed by atoms with Crippen molar-refractivity contribution in [3.05, 3.63) is 82.5 Å². The van der Waals surface area contributed by atoms with E-state index in [1.807, 2.05) is 31.2 Å². The molecule has 1 atom stereocenters. The van der Waals surface area contributed by atoms with Crippen LogP contribution in [0.1, 0.15) is 34.1 Å². The van der Waals surface area contributed by atoms with E-state index in [4.69, 9.17) is 16.3 Å². The van der Waals surface area contributed by atoms with Crippen LogP contribution in [0.2, 0.25) is 5.02 Å². The molecule has 0 spiro atoms. The molecule has 6 nitrogen and oxygen atoms in total. The number of methoxy groups -OCH3 is 1. The molecule has 0 saturated heterocycles. The second kappa shape index (κ2) is 9.41. The number of aromatic nitrogens is 1. The molecule has 7 heteroatoms. The number of hydrogen-bond acceptors (Lipinski definition) is 4. The van der Waals surface area contributed by atoms with Crippen LogP contribution in [0, 0.1) is 6.92 Å². The standard InChI is InChI=1S/C23H21ClN2O4/c1-14-7-3-4-8-15(14)19(13-21(27)28)26-23(29)18-11-12-20(30-2)22(25-18)16-9-5-6-10-17(16)24/h3-12,19H,13H2,1-2H3,(H,26,29)(H,27,28)/t19-/m0/s1. The van der Waals surface area contributed by atoms with Gasteiger partial charge in [-0.25, -0.2) is 4.98 Å². The first-order valence-electron chi connectivity index (χ1n) is 9.28. The van der Waals surface area contributed by atoms with Gasteiger partial charge in [0.25, 0.3) is 5.91 Å². The number of aliphatic carboxylic acids is 1. The fourth-order valence-electron chi connectivity index (χ4n) is 3.21. The highest BCUT2D eigenvalue weighted by Gasteiger charge is 2.22. The zero-order valence-electron chi connectivity index (χ0n) is 16.6. The number of carboxylic acid groups (broad SMARTS) is 1. The second-order valence-corrected chi connectivity index (χ2v) is 7.11. The number of nitrogens with zero attached hydrogens (tertiary/aromatic N) is 1. The largest absolute Gasteiger partial charge is 0.494 e. The van der Waals surface area contributed by atoms with Gasteiger partial charge in [0.05, 0.1) is 24.6 Å². The first-order valence-corrected chi connectivity index (χ1v) is 9.66. The number of pyridine rings is 1. The molecule has 1 aromatic heterocycles. The van der Waals surface area contributed by atoms with E-state index < -0.39 is 17.9 Å². The molecular formula is C23H21ClN2O4. The van der Waals surface area contributed by atoms with E-state index >= 15 is 0 Å². The summed E-state index contributed by atoms with van der Waals surface area (Å²) in [5.74, 6) is -1.02. The van der Waals surface area contributed by atoms with Gasteiger partial charge in [-0.05, 0) is 36.2 Å². The molecule has 0 aliphatic carbocycles. The van der Waals surface area contributed by atoms with Crippen LogP contribution in [0.25, 0.3) is 11.3 Å². The van der Waals surface area contributed by atoms with E-state index in [-0.39, 0.29) is 12.1 Å². The van der Waals surface area contributed by atoms with E-state index in [2.05, 4.69) is 10.3 Å². The molecule has 1 amide bonds. The zero-order valence-corrected chi connectivity index (χ0v) is 17.3. The molecule has 1 heterocycles. The summed E-state index contributed by atoms with van der Waals surface area (Å²) >= 11 is 6.30. The lowest BCUT2D eigenvalue weighted by Gasteiger charge is -2.19. The Balaban J connectivity index is 1.96. The Labute approximate surface area is 179 Å². The van der Waals surface area contributed by atoms with Crippen LogP contribution in [-0.2, 0) is 4.79 Å². The molecular weight excluding hydrogens is 404 g/mol. The van der Waals surface area contributed by atoms with Crippen molar-refractivity contribution in [3.63, 3.8) is 0 Å². The number of amides is 1. The maximum absolute atomic E-state index is 12.9. The van der Waals surface area contributed by atoms with Crippen LogP contribution in [-0.4, -0.2) is 29.1 Å². The Morgan fingerprint density at radius 1 is 1.10 bits per heavy atom. The van der Waals surface area contributed by atoms with Crippen molar-refractivity contribution in [2.24, 2.45) is 0 Å². The Morgan fingerprint density at radius 2 is 1.80 bits per heavy atom. The molecule has 0 aliphatic heterocycles. The smallest absolute Gasteiger partial charge is 0.305 e. The predicted molar refractivity (Wildman–Crippen MR) is 115 cm³/mol.